The molecule has 0 aliphatic heterocycles. The standard InChI is InChI=1S/C21H22N2O4S2/c1-16-10-11-17(2)20(13-16)29(26,27)23-15-21(18-7-6-12-22-14-18)28(24,25)19-8-4-3-5-9-19/h3-14,21,23H,15H2,1-2H3. The number of nitrogens with zero attached hydrogens (tertiary/aromatic N) is 1. The summed E-state index contributed by atoms with van der Waals surface area (Å²) >= 11 is 0. The molecular weight excluding hydrogens is 408 g/mol. The van der Waals surface area contributed by atoms with E-state index in [1.165, 1.54) is 24.5 Å². The fourth-order valence-corrected chi connectivity index (χ4v) is 6.15. The van der Waals surface area contributed by atoms with Crippen molar-refractivity contribution in [1.82, 2.24) is 9.71 Å². The topological polar surface area (TPSA) is 93.2 Å². The monoisotopic (exact) mass is 430 g/mol. The number of rotatable bonds is 7. The van der Waals surface area contributed by atoms with Gasteiger partial charge in [-0.2, -0.15) is 0 Å². The van der Waals surface area contributed by atoms with Gasteiger partial charge in [-0.15, -0.1) is 0 Å². The summed E-state index contributed by atoms with van der Waals surface area (Å²) in [6, 6.07) is 16.4. The maximum absolute atomic E-state index is 13.2. The molecule has 0 aliphatic carbocycles. The van der Waals surface area contributed by atoms with Crippen molar-refractivity contribution in [3.63, 3.8) is 0 Å². The molecule has 1 N–H and O–H groups in total. The molecule has 29 heavy (non-hydrogen) atoms. The smallest absolute Gasteiger partial charge is 0.240 e. The van der Waals surface area contributed by atoms with Crippen LogP contribution in [0, 0.1) is 13.8 Å². The summed E-state index contributed by atoms with van der Waals surface area (Å²) < 4.78 is 54.7. The van der Waals surface area contributed by atoms with Crippen molar-refractivity contribution < 1.29 is 16.8 Å². The van der Waals surface area contributed by atoms with Gasteiger partial charge in [0.15, 0.2) is 9.84 Å². The highest BCUT2D eigenvalue weighted by molar-refractivity contribution is 7.92. The summed E-state index contributed by atoms with van der Waals surface area (Å²) in [5.41, 5.74) is 1.81. The average Bonchev–Trinajstić information content (AvgIpc) is 2.71. The Morgan fingerprint density at radius 2 is 1.66 bits per heavy atom. The van der Waals surface area contributed by atoms with Crippen LogP contribution in [0.25, 0.3) is 0 Å². The summed E-state index contributed by atoms with van der Waals surface area (Å²) in [5, 5.41) is -1.11. The molecule has 1 heterocycles. The molecule has 3 aromatic rings. The minimum atomic E-state index is -3.89. The molecule has 1 unspecified atom stereocenters. The third-order valence-electron chi connectivity index (χ3n) is 4.59. The molecule has 3 rings (SSSR count). The Kier molecular flexibility index (Phi) is 6.16. The first-order valence-corrected chi connectivity index (χ1v) is 12.0. The number of aromatic nitrogens is 1. The summed E-state index contributed by atoms with van der Waals surface area (Å²) in [6.45, 7) is 3.20. The van der Waals surface area contributed by atoms with Crippen molar-refractivity contribution in [3.8, 4) is 0 Å². The van der Waals surface area contributed by atoms with E-state index in [1.807, 2.05) is 6.07 Å². The Morgan fingerprint density at radius 3 is 2.31 bits per heavy atom. The second-order valence-electron chi connectivity index (χ2n) is 6.75. The number of benzene rings is 2. The summed E-state index contributed by atoms with van der Waals surface area (Å²) in [5.74, 6) is 0. The van der Waals surface area contributed by atoms with Crippen molar-refractivity contribution in [2.24, 2.45) is 0 Å². The van der Waals surface area contributed by atoms with E-state index in [0.29, 0.717) is 11.1 Å². The van der Waals surface area contributed by atoms with Crippen LogP contribution < -0.4 is 4.72 Å². The number of hydrogen-bond donors (Lipinski definition) is 1. The lowest BCUT2D eigenvalue weighted by molar-refractivity contribution is 0.568. The average molecular weight is 431 g/mol. The molecule has 0 spiro atoms. The highest BCUT2D eigenvalue weighted by Gasteiger charge is 2.31. The number of nitrogens with one attached hydrogen (secondary N) is 1. The van der Waals surface area contributed by atoms with Crippen LogP contribution >= 0.6 is 0 Å². The van der Waals surface area contributed by atoms with Crippen molar-refractivity contribution >= 4 is 19.9 Å². The van der Waals surface area contributed by atoms with Crippen LogP contribution in [0.4, 0.5) is 0 Å². The maximum Gasteiger partial charge on any atom is 0.240 e. The third kappa shape index (κ3) is 4.72. The predicted octanol–water partition coefficient (Wildman–Crippen LogP) is 3.19. The minimum absolute atomic E-state index is 0.125. The van der Waals surface area contributed by atoms with Gasteiger partial charge in [-0.1, -0.05) is 36.4 Å². The molecule has 152 valence electrons. The lowest BCUT2D eigenvalue weighted by Crippen LogP contribution is -2.32. The second-order valence-corrected chi connectivity index (χ2v) is 10.6. The Labute approximate surface area is 171 Å². The van der Waals surface area contributed by atoms with Gasteiger partial charge in [0, 0.05) is 18.9 Å². The van der Waals surface area contributed by atoms with E-state index < -0.39 is 25.1 Å². The van der Waals surface area contributed by atoms with Crippen LogP contribution in [0.3, 0.4) is 0 Å². The SMILES string of the molecule is Cc1ccc(C)c(S(=O)(=O)NCC(c2cccnc2)S(=O)(=O)c2ccccc2)c1. The van der Waals surface area contributed by atoms with Crippen LogP contribution in [-0.4, -0.2) is 28.4 Å². The zero-order chi connectivity index (χ0) is 21.1. The van der Waals surface area contributed by atoms with Crippen molar-refractivity contribution in [2.45, 2.75) is 28.9 Å². The van der Waals surface area contributed by atoms with E-state index in [4.69, 9.17) is 0 Å². The first kappa shape index (κ1) is 21.2. The first-order chi connectivity index (χ1) is 13.7. The second kappa shape index (κ2) is 8.44. The van der Waals surface area contributed by atoms with Crippen molar-refractivity contribution in [3.05, 3.63) is 89.7 Å². The van der Waals surface area contributed by atoms with Gasteiger partial charge in [-0.3, -0.25) is 4.98 Å². The van der Waals surface area contributed by atoms with Crippen molar-refractivity contribution in [1.29, 1.82) is 0 Å². The number of hydrogen-bond acceptors (Lipinski definition) is 5. The Hall–Kier alpha value is -2.55. The zero-order valence-corrected chi connectivity index (χ0v) is 17.7. The number of sulfone groups is 1. The Balaban J connectivity index is 1.98. The molecule has 1 atom stereocenters. The highest BCUT2D eigenvalue weighted by Crippen LogP contribution is 2.28. The molecule has 8 heteroatoms. The summed E-state index contributed by atoms with van der Waals surface area (Å²) in [4.78, 5) is 4.26. The van der Waals surface area contributed by atoms with Gasteiger partial charge >= 0.3 is 0 Å². The number of sulfonamides is 1. The molecule has 0 bridgehead atoms. The van der Waals surface area contributed by atoms with Gasteiger partial charge in [0.05, 0.1) is 9.79 Å². The van der Waals surface area contributed by atoms with E-state index in [2.05, 4.69) is 9.71 Å². The molecule has 0 fully saturated rings. The van der Waals surface area contributed by atoms with Crippen LogP contribution in [0.1, 0.15) is 21.9 Å². The van der Waals surface area contributed by atoms with Gasteiger partial charge in [0.25, 0.3) is 0 Å². The van der Waals surface area contributed by atoms with Gasteiger partial charge in [0.1, 0.15) is 5.25 Å². The molecule has 1 aromatic heterocycles. The van der Waals surface area contributed by atoms with Gasteiger partial charge in [0.2, 0.25) is 10.0 Å². The van der Waals surface area contributed by atoms with Crippen LogP contribution in [0.2, 0.25) is 0 Å². The molecule has 0 saturated carbocycles. The Morgan fingerprint density at radius 1 is 0.931 bits per heavy atom. The normalized spacial score (nSPS) is 13.2. The quantitative estimate of drug-likeness (QED) is 0.621. The lowest BCUT2D eigenvalue weighted by atomic mass is 10.2. The summed E-state index contributed by atoms with van der Waals surface area (Å²) in [6.07, 6.45) is 2.98. The summed E-state index contributed by atoms with van der Waals surface area (Å²) in [7, 11) is -7.74. The van der Waals surface area contributed by atoms with E-state index in [9.17, 15) is 16.8 Å². The minimum Gasteiger partial charge on any atom is -0.264 e. The molecule has 6 nitrogen and oxygen atoms in total. The molecule has 0 saturated heterocycles. The van der Waals surface area contributed by atoms with E-state index in [-0.39, 0.29) is 16.3 Å². The fraction of sp³-hybridized carbons (Fsp3) is 0.190. The third-order valence-corrected chi connectivity index (χ3v) is 8.28. The van der Waals surface area contributed by atoms with E-state index in [0.717, 1.165) is 5.56 Å². The van der Waals surface area contributed by atoms with Crippen LogP contribution in [-0.2, 0) is 19.9 Å². The molecular formula is C21H22N2O4S2. The van der Waals surface area contributed by atoms with E-state index >= 15 is 0 Å². The molecule has 0 amide bonds. The molecule has 0 aliphatic rings. The molecule has 0 radical (unpaired) electrons. The fourth-order valence-electron chi connectivity index (χ4n) is 3.01. The van der Waals surface area contributed by atoms with E-state index in [1.54, 1.807) is 56.3 Å². The highest BCUT2D eigenvalue weighted by atomic mass is 32.2. The lowest BCUT2D eigenvalue weighted by Gasteiger charge is -2.19. The maximum atomic E-state index is 13.2. The first-order valence-electron chi connectivity index (χ1n) is 8.97. The van der Waals surface area contributed by atoms with Gasteiger partial charge in [-0.05, 0) is 54.8 Å². The van der Waals surface area contributed by atoms with Crippen molar-refractivity contribution in [2.75, 3.05) is 6.54 Å². The molecule has 2 aromatic carbocycles. The number of aryl methyl sites for hydroxylation is 2. The zero-order valence-electron chi connectivity index (χ0n) is 16.1. The van der Waals surface area contributed by atoms with Gasteiger partial charge in [-0.25, -0.2) is 21.6 Å². The van der Waals surface area contributed by atoms with Crippen LogP contribution in [0.15, 0.2) is 82.8 Å². The predicted molar refractivity (Wildman–Crippen MR) is 112 cm³/mol. The largest absolute Gasteiger partial charge is 0.264 e. The van der Waals surface area contributed by atoms with Crippen LogP contribution in [0.5, 0.6) is 0 Å². The van der Waals surface area contributed by atoms with Gasteiger partial charge < -0.3 is 0 Å². The number of pyridine rings is 1. The Bertz CT molecular complexity index is 1190.